The minimum absolute atomic E-state index is 0.00412. The summed E-state index contributed by atoms with van der Waals surface area (Å²) in [6.07, 6.45) is 7.25. The molecule has 4 nitrogen and oxygen atoms in total. The molecule has 0 heterocycles. The first-order valence-corrected chi connectivity index (χ1v) is 11.8. The molecule has 2 aromatic rings. The van der Waals surface area contributed by atoms with Crippen LogP contribution in [-0.2, 0) is 22.6 Å². The van der Waals surface area contributed by atoms with E-state index in [0.717, 1.165) is 36.8 Å². The highest BCUT2D eigenvalue weighted by Crippen LogP contribution is 2.20. The Kier molecular flexibility index (Phi) is 8.96. The van der Waals surface area contributed by atoms with Crippen LogP contribution in [0.4, 0.5) is 0 Å². The van der Waals surface area contributed by atoms with Gasteiger partial charge in [0.1, 0.15) is 6.04 Å². The van der Waals surface area contributed by atoms with E-state index in [1.165, 1.54) is 6.42 Å². The van der Waals surface area contributed by atoms with E-state index in [9.17, 15) is 9.59 Å². The van der Waals surface area contributed by atoms with Crippen LogP contribution in [0, 0.1) is 0 Å². The van der Waals surface area contributed by atoms with Crippen molar-refractivity contribution in [3.63, 3.8) is 0 Å². The molecule has 31 heavy (non-hydrogen) atoms. The lowest BCUT2D eigenvalue weighted by atomic mass is 9.95. The van der Waals surface area contributed by atoms with Crippen molar-refractivity contribution in [2.24, 2.45) is 0 Å². The summed E-state index contributed by atoms with van der Waals surface area (Å²) < 4.78 is 0. The summed E-state index contributed by atoms with van der Waals surface area (Å²) in [5.41, 5.74) is 2.10. The highest BCUT2D eigenvalue weighted by atomic mass is 35.5. The predicted molar refractivity (Wildman–Crippen MR) is 126 cm³/mol. The van der Waals surface area contributed by atoms with Gasteiger partial charge < -0.3 is 10.2 Å². The van der Waals surface area contributed by atoms with Crippen molar-refractivity contribution in [2.45, 2.75) is 76.9 Å². The molecule has 2 aromatic carbocycles. The molecule has 0 radical (unpaired) electrons. The van der Waals surface area contributed by atoms with Gasteiger partial charge in [0.25, 0.3) is 0 Å². The van der Waals surface area contributed by atoms with Crippen molar-refractivity contribution in [2.75, 3.05) is 0 Å². The van der Waals surface area contributed by atoms with E-state index in [0.29, 0.717) is 30.8 Å². The Morgan fingerprint density at radius 3 is 2.32 bits per heavy atom. The number of nitrogens with one attached hydrogen (secondary N) is 1. The van der Waals surface area contributed by atoms with Crippen LogP contribution in [-0.4, -0.2) is 28.8 Å². The van der Waals surface area contributed by atoms with Gasteiger partial charge in [-0.25, -0.2) is 0 Å². The molecule has 1 aliphatic carbocycles. The van der Waals surface area contributed by atoms with Crippen LogP contribution in [0.3, 0.4) is 0 Å². The number of hydrogen-bond acceptors (Lipinski definition) is 2. The first kappa shape index (κ1) is 23.3. The van der Waals surface area contributed by atoms with Crippen molar-refractivity contribution >= 4 is 23.4 Å². The Balaban J connectivity index is 1.73. The monoisotopic (exact) mass is 440 g/mol. The standard InChI is InChI=1S/C26H33ClN2O2/c1-2-24(26(31)28-23-11-7-4-8-12-23)29(19-21-13-16-22(27)17-14-21)25(30)18-15-20-9-5-3-6-10-20/h3,5-6,9-10,13-14,16-17,23-24H,2,4,7-8,11-12,15,18-19H2,1H3,(H,28,31)/t24-/m1/s1. The maximum Gasteiger partial charge on any atom is 0.243 e. The summed E-state index contributed by atoms with van der Waals surface area (Å²) in [6, 6.07) is 17.3. The third kappa shape index (κ3) is 7.10. The Morgan fingerprint density at radius 1 is 1.00 bits per heavy atom. The zero-order valence-corrected chi connectivity index (χ0v) is 19.1. The number of nitrogens with zero attached hydrogens (tertiary/aromatic N) is 1. The number of rotatable bonds is 9. The van der Waals surface area contributed by atoms with Gasteiger partial charge in [-0.3, -0.25) is 9.59 Å². The van der Waals surface area contributed by atoms with Gasteiger partial charge in [-0.15, -0.1) is 0 Å². The van der Waals surface area contributed by atoms with Crippen molar-refractivity contribution in [3.05, 3.63) is 70.7 Å². The van der Waals surface area contributed by atoms with Gasteiger partial charge in [-0.05, 0) is 48.9 Å². The van der Waals surface area contributed by atoms with Gasteiger partial charge in [0.2, 0.25) is 11.8 Å². The molecule has 2 amide bonds. The molecule has 1 fully saturated rings. The van der Waals surface area contributed by atoms with Crippen molar-refractivity contribution < 1.29 is 9.59 Å². The largest absolute Gasteiger partial charge is 0.352 e. The van der Waals surface area contributed by atoms with Gasteiger partial charge in [0.05, 0.1) is 0 Å². The number of aryl methyl sites for hydroxylation is 1. The minimum atomic E-state index is -0.471. The van der Waals surface area contributed by atoms with Gasteiger partial charge >= 0.3 is 0 Å². The summed E-state index contributed by atoms with van der Waals surface area (Å²) in [6.45, 7) is 2.38. The second-order valence-electron chi connectivity index (χ2n) is 8.40. The Labute approximate surface area is 191 Å². The summed E-state index contributed by atoms with van der Waals surface area (Å²) in [5, 5.41) is 3.88. The first-order valence-electron chi connectivity index (χ1n) is 11.4. The molecule has 5 heteroatoms. The van der Waals surface area contributed by atoms with Crippen LogP contribution in [0.25, 0.3) is 0 Å². The molecular formula is C26H33ClN2O2. The smallest absolute Gasteiger partial charge is 0.243 e. The predicted octanol–water partition coefficient (Wildman–Crippen LogP) is 5.53. The molecule has 1 aliphatic rings. The zero-order valence-electron chi connectivity index (χ0n) is 18.4. The van der Waals surface area contributed by atoms with E-state index >= 15 is 0 Å². The molecule has 1 saturated carbocycles. The second-order valence-corrected chi connectivity index (χ2v) is 8.84. The lowest BCUT2D eigenvalue weighted by Crippen LogP contribution is -2.51. The fraction of sp³-hybridized carbons (Fsp3) is 0.462. The number of hydrogen-bond donors (Lipinski definition) is 1. The molecule has 0 bridgehead atoms. The molecule has 0 spiro atoms. The summed E-state index contributed by atoms with van der Waals surface area (Å²) in [5.74, 6) is -0.0270. The summed E-state index contributed by atoms with van der Waals surface area (Å²) in [7, 11) is 0. The number of benzene rings is 2. The van der Waals surface area contributed by atoms with E-state index < -0.39 is 6.04 Å². The lowest BCUT2D eigenvalue weighted by Gasteiger charge is -2.33. The van der Waals surface area contributed by atoms with E-state index in [-0.39, 0.29) is 17.9 Å². The maximum absolute atomic E-state index is 13.3. The fourth-order valence-corrected chi connectivity index (χ4v) is 4.42. The van der Waals surface area contributed by atoms with Crippen LogP contribution in [0.5, 0.6) is 0 Å². The van der Waals surface area contributed by atoms with E-state index in [2.05, 4.69) is 5.32 Å². The normalized spacial score (nSPS) is 15.3. The molecule has 3 rings (SSSR count). The van der Waals surface area contributed by atoms with Gasteiger partial charge in [-0.1, -0.05) is 80.3 Å². The first-order chi connectivity index (χ1) is 15.1. The summed E-state index contributed by atoms with van der Waals surface area (Å²) >= 11 is 6.03. The molecule has 0 saturated heterocycles. The average Bonchev–Trinajstić information content (AvgIpc) is 2.80. The molecule has 0 unspecified atom stereocenters. The van der Waals surface area contributed by atoms with Crippen LogP contribution in [0.1, 0.15) is 63.0 Å². The fourth-order valence-electron chi connectivity index (χ4n) is 4.29. The van der Waals surface area contributed by atoms with Crippen molar-refractivity contribution in [1.29, 1.82) is 0 Å². The zero-order chi connectivity index (χ0) is 22.1. The van der Waals surface area contributed by atoms with Gasteiger partial charge in [-0.2, -0.15) is 0 Å². The Morgan fingerprint density at radius 2 is 1.68 bits per heavy atom. The Bertz CT molecular complexity index is 832. The van der Waals surface area contributed by atoms with Crippen molar-refractivity contribution in [3.8, 4) is 0 Å². The summed E-state index contributed by atoms with van der Waals surface area (Å²) in [4.78, 5) is 28.2. The second kappa shape index (κ2) is 11.9. The molecule has 0 aliphatic heterocycles. The number of halogens is 1. The molecule has 0 aromatic heterocycles. The maximum atomic E-state index is 13.3. The van der Waals surface area contributed by atoms with Crippen molar-refractivity contribution in [1.82, 2.24) is 10.2 Å². The highest BCUT2D eigenvalue weighted by molar-refractivity contribution is 6.30. The van der Waals surface area contributed by atoms with Crippen LogP contribution < -0.4 is 5.32 Å². The van der Waals surface area contributed by atoms with E-state index in [1.54, 1.807) is 4.90 Å². The minimum Gasteiger partial charge on any atom is -0.352 e. The number of carbonyl (C=O) groups is 2. The van der Waals surface area contributed by atoms with Crippen LogP contribution in [0.2, 0.25) is 5.02 Å². The third-order valence-electron chi connectivity index (χ3n) is 6.07. The lowest BCUT2D eigenvalue weighted by molar-refractivity contribution is -0.141. The van der Waals surface area contributed by atoms with Gasteiger partial charge in [0.15, 0.2) is 0 Å². The molecule has 166 valence electrons. The average molecular weight is 441 g/mol. The van der Waals surface area contributed by atoms with E-state index in [1.807, 2.05) is 61.5 Å². The van der Waals surface area contributed by atoms with E-state index in [4.69, 9.17) is 11.6 Å². The Hall–Kier alpha value is -2.33. The quantitative estimate of drug-likeness (QED) is 0.557. The van der Waals surface area contributed by atoms with Gasteiger partial charge in [0, 0.05) is 24.0 Å². The molecule has 1 atom stereocenters. The topological polar surface area (TPSA) is 49.4 Å². The number of carbonyl (C=O) groups excluding carboxylic acids is 2. The number of amides is 2. The molecule has 1 N–H and O–H groups in total. The molecular weight excluding hydrogens is 408 g/mol. The SMILES string of the molecule is CC[C@H](C(=O)NC1CCCCC1)N(Cc1ccc(Cl)cc1)C(=O)CCc1ccccc1. The highest BCUT2D eigenvalue weighted by Gasteiger charge is 2.30. The van der Waals surface area contributed by atoms with Crippen LogP contribution in [0.15, 0.2) is 54.6 Å². The van der Waals surface area contributed by atoms with Crippen LogP contribution >= 0.6 is 11.6 Å². The third-order valence-corrected chi connectivity index (χ3v) is 6.33.